The first-order valence-corrected chi connectivity index (χ1v) is 3.96. The van der Waals surface area contributed by atoms with Gasteiger partial charge < -0.3 is 0 Å². The molecular formula is C11H10FN. The Kier molecular flexibility index (Phi) is 4.25. The Morgan fingerprint density at radius 1 is 0.769 bits per heavy atom. The Morgan fingerprint density at radius 2 is 1.31 bits per heavy atom. The van der Waals surface area contributed by atoms with E-state index in [2.05, 4.69) is 4.98 Å². The van der Waals surface area contributed by atoms with Gasteiger partial charge in [0, 0.05) is 6.20 Å². The number of rotatable bonds is 0. The first-order chi connectivity index (χ1) is 6.39. The van der Waals surface area contributed by atoms with Crippen molar-refractivity contribution in [2.24, 2.45) is 0 Å². The Labute approximate surface area is 76.9 Å². The van der Waals surface area contributed by atoms with E-state index in [-0.39, 0.29) is 0 Å². The third-order valence-corrected chi connectivity index (χ3v) is 1.30. The van der Waals surface area contributed by atoms with Gasteiger partial charge in [0.2, 0.25) is 5.95 Å². The second-order valence-electron chi connectivity index (χ2n) is 2.31. The minimum Gasteiger partial charge on any atom is -0.228 e. The number of aromatic nitrogens is 1. The summed E-state index contributed by atoms with van der Waals surface area (Å²) in [6.07, 6.45) is 1.41. The van der Waals surface area contributed by atoms with E-state index < -0.39 is 5.95 Å². The largest absolute Gasteiger partial charge is 0.228 e. The molecule has 0 unspecified atom stereocenters. The minimum atomic E-state index is -0.428. The molecule has 0 spiro atoms. The van der Waals surface area contributed by atoms with Crippen molar-refractivity contribution < 1.29 is 4.39 Å². The molecule has 0 fully saturated rings. The second kappa shape index (κ2) is 5.89. The fourth-order valence-corrected chi connectivity index (χ4v) is 0.727. The van der Waals surface area contributed by atoms with Gasteiger partial charge in [0.05, 0.1) is 0 Å². The number of hydrogen-bond acceptors (Lipinski definition) is 1. The zero-order chi connectivity index (χ0) is 9.36. The van der Waals surface area contributed by atoms with Gasteiger partial charge in [-0.05, 0) is 12.1 Å². The lowest BCUT2D eigenvalue weighted by atomic mass is 10.4. The van der Waals surface area contributed by atoms with Crippen LogP contribution in [-0.4, -0.2) is 4.98 Å². The summed E-state index contributed by atoms with van der Waals surface area (Å²) in [5.41, 5.74) is 0. The van der Waals surface area contributed by atoms with E-state index in [9.17, 15) is 4.39 Å². The van der Waals surface area contributed by atoms with Crippen LogP contribution in [0, 0.1) is 5.95 Å². The number of halogens is 1. The lowest BCUT2D eigenvalue weighted by molar-refractivity contribution is 0.584. The Bertz CT molecular complexity index is 281. The van der Waals surface area contributed by atoms with Crippen molar-refractivity contribution in [1.82, 2.24) is 4.98 Å². The predicted molar refractivity (Wildman–Crippen MR) is 50.6 cm³/mol. The molecule has 0 saturated heterocycles. The molecule has 2 aromatic rings. The summed E-state index contributed by atoms with van der Waals surface area (Å²) in [6.45, 7) is 0. The molecule has 13 heavy (non-hydrogen) atoms. The highest BCUT2D eigenvalue weighted by Gasteiger charge is 1.78. The molecule has 1 nitrogen and oxygen atoms in total. The molecule has 0 aliphatic rings. The van der Waals surface area contributed by atoms with Gasteiger partial charge in [0.1, 0.15) is 0 Å². The average Bonchev–Trinajstić information content (AvgIpc) is 2.22. The van der Waals surface area contributed by atoms with Crippen LogP contribution in [0.4, 0.5) is 4.39 Å². The molecule has 0 saturated carbocycles. The van der Waals surface area contributed by atoms with Crippen molar-refractivity contribution in [3.8, 4) is 0 Å². The summed E-state index contributed by atoms with van der Waals surface area (Å²) in [6, 6.07) is 16.6. The van der Waals surface area contributed by atoms with Crippen LogP contribution in [0.25, 0.3) is 0 Å². The van der Waals surface area contributed by atoms with Gasteiger partial charge in [-0.25, -0.2) is 4.98 Å². The van der Waals surface area contributed by atoms with Crippen LogP contribution in [0.15, 0.2) is 60.8 Å². The number of hydrogen-bond donors (Lipinski definition) is 0. The van der Waals surface area contributed by atoms with Crippen molar-refractivity contribution in [3.05, 3.63) is 66.7 Å². The van der Waals surface area contributed by atoms with Gasteiger partial charge in [0.15, 0.2) is 0 Å². The molecule has 66 valence electrons. The summed E-state index contributed by atoms with van der Waals surface area (Å²) in [5.74, 6) is -0.428. The number of pyridine rings is 1. The Hall–Kier alpha value is -1.70. The maximum absolute atomic E-state index is 11.8. The summed E-state index contributed by atoms with van der Waals surface area (Å²) in [7, 11) is 0. The highest BCUT2D eigenvalue weighted by Crippen LogP contribution is 1.85. The Balaban J connectivity index is 0.000000132. The van der Waals surface area contributed by atoms with Gasteiger partial charge in [0.25, 0.3) is 0 Å². The molecule has 1 heterocycles. The molecule has 2 rings (SSSR count). The second-order valence-corrected chi connectivity index (χ2v) is 2.31. The van der Waals surface area contributed by atoms with Gasteiger partial charge in [-0.2, -0.15) is 4.39 Å². The first-order valence-electron chi connectivity index (χ1n) is 3.96. The van der Waals surface area contributed by atoms with Crippen LogP contribution in [0.2, 0.25) is 0 Å². The van der Waals surface area contributed by atoms with Crippen molar-refractivity contribution >= 4 is 0 Å². The zero-order valence-corrected chi connectivity index (χ0v) is 7.10. The van der Waals surface area contributed by atoms with Crippen LogP contribution >= 0.6 is 0 Å². The molecule has 2 heteroatoms. The quantitative estimate of drug-likeness (QED) is 0.561. The summed E-state index contributed by atoms with van der Waals surface area (Å²) in [5, 5.41) is 0. The first kappa shape index (κ1) is 9.39. The average molecular weight is 175 g/mol. The summed E-state index contributed by atoms with van der Waals surface area (Å²) >= 11 is 0. The SMILES string of the molecule is Fc1ccccn1.c1ccccc1. The Morgan fingerprint density at radius 3 is 1.54 bits per heavy atom. The van der Waals surface area contributed by atoms with Crippen molar-refractivity contribution in [3.63, 3.8) is 0 Å². The van der Waals surface area contributed by atoms with Crippen LogP contribution in [0.1, 0.15) is 0 Å². The molecule has 0 bridgehead atoms. The molecule has 0 amide bonds. The number of benzene rings is 1. The molecule has 0 atom stereocenters. The van der Waals surface area contributed by atoms with E-state index in [1.54, 1.807) is 12.1 Å². The van der Waals surface area contributed by atoms with E-state index >= 15 is 0 Å². The summed E-state index contributed by atoms with van der Waals surface area (Å²) in [4.78, 5) is 3.31. The maximum Gasteiger partial charge on any atom is 0.212 e. The fourth-order valence-electron chi connectivity index (χ4n) is 0.727. The lowest BCUT2D eigenvalue weighted by Crippen LogP contribution is -1.73. The maximum atomic E-state index is 11.8. The van der Waals surface area contributed by atoms with E-state index in [0.29, 0.717) is 0 Å². The van der Waals surface area contributed by atoms with Crippen molar-refractivity contribution in [2.45, 2.75) is 0 Å². The van der Waals surface area contributed by atoms with Crippen LogP contribution in [0.3, 0.4) is 0 Å². The number of nitrogens with zero attached hydrogens (tertiary/aromatic N) is 1. The topological polar surface area (TPSA) is 12.9 Å². The minimum absolute atomic E-state index is 0.428. The standard InChI is InChI=1S/C6H6.C5H4FN/c1-2-4-6-5-3-1;6-5-3-1-2-4-7-5/h1-6H;1-4H. The normalized spacial score (nSPS) is 8.38. The van der Waals surface area contributed by atoms with E-state index in [4.69, 9.17) is 0 Å². The molecule has 0 aliphatic heterocycles. The van der Waals surface area contributed by atoms with Gasteiger partial charge >= 0.3 is 0 Å². The molecule has 1 aromatic carbocycles. The van der Waals surface area contributed by atoms with E-state index in [0.717, 1.165) is 0 Å². The van der Waals surface area contributed by atoms with Crippen LogP contribution in [-0.2, 0) is 0 Å². The van der Waals surface area contributed by atoms with Crippen LogP contribution < -0.4 is 0 Å². The summed E-state index contributed by atoms with van der Waals surface area (Å²) < 4.78 is 11.8. The molecule has 0 radical (unpaired) electrons. The van der Waals surface area contributed by atoms with E-state index in [1.807, 2.05) is 36.4 Å². The van der Waals surface area contributed by atoms with Crippen molar-refractivity contribution in [1.29, 1.82) is 0 Å². The van der Waals surface area contributed by atoms with Crippen LogP contribution in [0.5, 0.6) is 0 Å². The zero-order valence-electron chi connectivity index (χ0n) is 7.10. The third-order valence-electron chi connectivity index (χ3n) is 1.30. The third kappa shape index (κ3) is 4.69. The van der Waals surface area contributed by atoms with Crippen molar-refractivity contribution in [2.75, 3.05) is 0 Å². The van der Waals surface area contributed by atoms with E-state index in [1.165, 1.54) is 12.3 Å². The molecule has 0 aliphatic carbocycles. The lowest BCUT2D eigenvalue weighted by Gasteiger charge is -1.78. The van der Waals surface area contributed by atoms with Gasteiger partial charge in [-0.15, -0.1) is 0 Å². The molecule has 1 aromatic heterocycles. The monoisotopic (exact) mass is 175 g/mol. The fraction of sp³-hybridized carbons (Fsp3) is 0. The smallest absolute Gasteiger partial charge is 0.212 e. The molecular weight excluding hydrogens is 165 g/mol. The van der Waals surface area contributed by atoms with Gasteiger partial charge in [-0.3, -0.25) is 0 Å². The predicted octanol–water partition coefficient (Wildman–Crippen LogP) is 2.91. The highest BCUT2D eigenvalue weighted by molar-refractivity contribution is 4.99. The molecule has 0 N–H and O–H groups in total. The highest BCUT2D eigenvalue weighted by atomic mass is 19.1. The van der Waals surface area contributed by atoms with Gasteiger partial charge in [-0.1, -0.05) is 42.5 Å².